The van der Waals surface area contributed by atoms with Gasteiger partial charge in [-0.25, -0.2) is 15.0 Å². The van der Waals surface area contributed by atoms with E-state index in [4.69, 9.17) is 4.99 Å². The quantitative estimate of drug-likeness (QED) is 0.443. The van der Waals surface area contributed by atoms with Crippen LogP contribution in [0.1, 0.15) is 36.8 Å². The van der Waals surface area contributed by atoms with Gasteiger partial charge < -0.3 is 20.1 Å². The number of guanidine groups is 1. The average Bonchev–Trinajstić information content (AvgIpc) is 3.25. The molecular formula is C25H33N7. The molecule has 0 amide bonds. The Bertz CT molecular complexity index is 1000. The SMILES string of the molecule is CCNC(=NCc1nccn1Cc1ccccc1)NC1CCN(c2cccc(C)n2)CC1. The lowest BCUT2D eigenvalue weighted by Crippen LogP contribution is -2.49. The Kier molecular flexibility index (Phi) is 7.38. The molecule has 0 bridgehead atoms. The summed E-state index contributed by atoms with van der Waals surface area (Å²) < 4.78 is 2.16. The van der Waals surface area contributed by atoms with Crippen molar-refractivity contribution in [1.29, 1.82) is 0 Å². The van der Waals surface area contributed by atoms with Crippen molar-refractivity contribution in [2.45, 2.75) is 45.8 Å². The maximum atomic E-state index is 4.83. The van der Waals surface area contributed by atoms with E-state index in [1.807, 2.05) is 31.5 Å². The number of rotatable bonds is 7. The van der Waals surface area contributed by atoms with Crippen molar-refractivity contribution in [2.75, 3.05) is 24.5 Å². The first kappa shape index (κ1) is 21.9. The molecule has 2 aromatic heterocycles. The van der Waals surface area contributed by atoms with Crippen LogP contribution < -0.4 is 15.5 Å². The predicted molar refractivity (Wildman–Crippen MR) is 130 cm³/mol. The molecule has 1 aliphatic rings. The van der Waals surface area contributed by atoms with Crippen LogP contribution in [0.2, 0.25) is 0 Å². The number of aromatic nitrogens is 3. The highest BCUT2D eigenvalue weighted by molar-refractivity contribution is 5.80. The van der Waals surface area contributed by atoms with Crippen LogP contribution in [0.4, 0.5) is 5.82 Å². The van der Waals surface area contributed by atoms with Crippen LogP contribution in [0.15, 0.2) is 65.9 Å². The molecule has 1 aromatic carbocycles. The van der Waals surface area contributed by atoms with Crippen LogP contribution in [-0.4, -0.2) is 46.2 Å². The normalized spacial score (nSPS) is 15.1. The molecule has 0 unspecified atom stereocenters. The molecule has 0 atom stereocenters. The smallest absolute Gasteiger partial charge is 0.191 e. The number of aryl methyl sites for hydroxylation is 1. The number of benzene rings is 1. The van der Waals surface area contributed by atoms with Gasteiger partial charge in [0.2, 0.25) is 0 Å². The second-order valence-electron chi connectivity index (χ2n) is 8.19. The monoisotopic (exact) mass is 431 g/mol. The van der Waals surface area contributed by atoms with Crippen LogP contribution in [-0.2, 0) is 13.1 Å². The summed E-state index contributed by atoms with van der Waals surface area (Å²) in [6, 6.07) is 17.1. The molecule has 0 saturated carbocycles. The second kappa shape index (κ2) is 10.8. The number of nitrogens with zero attached hydrogens (tertiary/aromatic N) is 5. The van der Waals surface area contributed by atoms with Gasteiger partial charge in [0.15, 0.2) is 5.96 Å². The van der Waals surface area contributed by atoms with Crippen molar-refractivity contribution in [1.82, 2.24) is 25.2 Å². The van der Waals surface area contributed by atoms with E-state index in [-0.39, 0.29) is 0 Å². The van der Waals surface area contributed by atoms with Crippen molar-refractivity contribution in [3.05, 3.63) is 78.0 Å². The van der Waals surface area contributed by atoms with E-state index in [9.17, 15) is 0 Å². The lowest BCUT2D eigenvalue weighted by molar-refractivity contribution is 0.459. The Morgan fingerprint density at radius 2 is 1.91 bits per heavy atom. The van der Waals surface area contributed by atoms with E-state index in [1.165, 1.54) is 5.56 Å². The number of hydrogen-bond donors (Lipinski definition) is 2. The van der Waals surface area contributed by atoms with Gasteiger partial charge in [-0.15, -0.1) is 0 Å². The maximum absolute atomic E-state index is 4.83. The highest BCUT2D eigenvalue weighted by Crippen LogP contribution is 2.18. The Morgan fingerprint density at radius 3 is 2.66 bits per heavy atom. The zero-order valence-electron chi connectivity index (χ0n) is 19.0. The first-order chi connectivity index (χ1) is 15.7. The number of anilines is 1. The molecule has 4 rings (SSSR count). The Labute approximate surface area is 190 Å². The number of imidazole rings is 1. The minimum atomic E-state index is 0.401. The molecular weight excluding hydrogens is 398 g/mol. The number of piperidine rings is 1. The van der Waals surface area contributed by atoms with Gasteiger partial charge in [0.1, 0.15) is 18.2 Å². The molecule has 168 valence electrons. The summed E-state index contributed by atoms with van der Waals surface area (Å²) in [4.78, 5) is 16.4. The van der Waals surface area contributed by atoms with Gasteiger partial charge in [0.25, 0.3) is 0 Å². The van der Waals surface area contributed by atoms with Crippen LogP contribution in [0.5, 0.6) is 0 Å². The first-order valence-corrected chi connectivity index (χ1v) is 11.5. The molecule has 32 heavy (non-hydrogen) atoms. The van der Waals surface area contributed by atoms with E-state index >= 15 is 0 Å². The van der Waals surface area contributed by atoms with E-state index in [2.05, 4.69) is 73.4 Å². The van der Waals surface area contributed by atoms with Crippen LogP contribution in [0, 0.1) is 6.92 Å². The van der Waals surface area contributed by atoms with Crippen molar-refractivity contribution >= 4 is 11.8 Å². The van der Waals surface area contributed by atoms with Gasteiger partial charge in [0, 0.05) is 50.3 Å². The van der Waals surface area contributed by atoms with Gasteiger partial charge in [-0.2, -0.15) is 0 Å². The van der Waals surface area contributed by atoms with Gasteiger partial charge in [-0.05, 0) is 44.4 Å². The summed E-state index contributed by atoms with van der Waals surface area (Å²) in [7, 11) is 0. The van der Waals surface area contributed by atoms with Crippen molar-refractivity contribution in [2.24, 2.45) is 4.99 Å². The van der Waals surface area contributed by atoms with Crippen LogP contribution in [0.25, 0.3) is 0 Å². The van der Waals surface area contributed by atoms with E-state index in [1.54, 1.807) is 0 Å². The summed E-state index contributed by atoms with van der Waals surface area (Å²) >= 11 is 0. The molecule has 7 heteroatoms. The Morgan fingerprint density at radius 1 is 1.09 bits per heavy atom. The predicted octanol–water partition coefficient (Wildman–Crippen LogP) is 3.36. The fourth-order valence-corrected chi connectivity index (χ4v) is 4.04. The summed E-state index contributed by atoms with van der Waals surface area (Å²) in [6.45, 7) is 8.31. The number of pyridine rings is 1. The van der Waals surface area contributed by atoms with E-state index in [0.29, 0.717) is 12.6 Å². The Hall–Kier alpha value is -3.35. The topological polar surface area (TPSA) is 70.4 Å². The Balaban J connectivity index is 1.34. The van der Waals surface area contributed by atoms with Crippen molar-refractivity contribution in [3.8, 4) is 0 Å². The highest BCUT2D eigenvalue weighted by atomic mass is 15.2. The fourth-order valence-electron chi connectivity index (χ4n) is 4.04. The first-order valence-electron chi connectivity index (χ1n) is 11.5. The minimum Gasteiger partial charge on any atom is -0.357 e. The lowest BCUT2D eigenvalue weighted by Gasteiger charge is -2.34. The molecule has 1 fully saturated rings. The zero-order valence-corrected chi connectivity index (χ0v) is 19.0. The fraction of sp³-hybridized carbons (Fsp3) is 0.400. The third kappa shape index (κ3) is 5.87. The van der Waals surface area contributed by atoms with Gasteiger partial charge in [0.05, 0.1) is 0 Å². The molecule has 2 N–H and O–H groups in total. The summed E-state index contributed by atoms with van der Waals surface area (Å²) in [5, 5.41) is 7.01. The number of aliphatic imine (C=N–C) groups is 1. The molecule has 1 saturated heterocycles. The standard InChI is InChI=1S/C25H33N7/c1-3-26-25(28-18-24-27-14-17-32(24)19-21-9-5-4-6-10-21)30-22-12-15-31(16-13-22)23-11-7-8-20(2)29-23/h4-11,14,17,22H,3,12-13,15-16,18-19H2,1-2H3,(H2,26,28,30). The molecule has 7 nitrogen and oxygen atoms in total. The molecule has 0 spiro atoms. The summed E-state index contributed by atoms with van der Waals surface area (Å²) in [5.41, 5.74) is 2.32. The molecule has 3 aromatic rings. The number of hydrogen-bond acceptors (Lipinski definition) is 4. The van der Waals surface area contributed by atoms with E-state index in [0.717, 1.165) is 62.3 Å². The van der Waals surface area contributed by atoms with Crippen LogP contribution >= 0.6 is 0 Å². The van der Waals surface area contributed by atoms with Crippen molar-refractivity contribution in [3.63, 3.8) is 0 Å². The summed E-state index contributed by atoms with van der Waals surface area (Å²) in [6.07, 6.45) is 5.99. The minimum absolute atomic E-state index is 0.401. The van der Waals surface area contributed by atoms with Gasteiger partial charge in [-0.1, -0.05) is 36.4 Å². The summed E-state index contributed by atoms with van der Waals surface area (Å²) in [5.74, 6) is 2.90. The second-order valence-corrected chi connectivity index (χ2v) is 8.19. The molecule has 0 aliphatic carbocycles. The average molecular weight is 432 g/mol. The maximum Gasteiger partial charge on any atom is 0.191 e. The highest BCUT2D eigenvalue weighted by Gasteiger charge is 2.21. The number of nitrogens with one attached hydrogen (secondary N) is 2. The van der Waals surface area contributed by atoms with Crippen LogP contribution in [0.3, 0.4) is 0 Å². The third-order valence-corrected chi connectivity index (χ3v) is 5.75. The van der Waals surface area contributed by atoms with Gasteiger partial charge in [-0.3, -0.25) is 0 Å². The van der Waals surface area contributed by atoms with Crippen molar-refractivity contribution < 1.29 is 0 Å². The lowest BCUT2D eigenvalue weighted by atomic mass is 10.1. The molecule has 0 radical (unpaired) electrons. The zero-order chi connectivity index (χ0) is 22.2. The third-order valence-electron chi connectivity index (χ3n) is 5.75. The van der Waals surface area contributed by atoms with Gasteiger partial charge >= 0.3 is 0 Å². The molecule has 1 aliphatic heterocycles. The van der Waals surface area contributed by atoms with E-state index < -0.39 is 0 Å². The largest absolute Gasteiger partial charge is 0.357 e. The molecule has 3 heterocycles.